The van der Waals surface area contributed by atoms with Gasteiger partial charge in [0.15, 0.2) is 0 Å². The van der Waals surface area contributed by atoms with Crippen LogP contribution in [-0.4, -0.2) is 31.9 Å². The fourth-order valence-corrected chi connectivity index (χ4v) is 2.38. The maximum atomic E-state index is 4.49. The summed E-state index contributed by atoms with van der Waals surface area (Å²) in [7, 11) is 4.02. The van der Waals surface area contributed by atoms with E-state index in [1.807, 2.05) is 25.3 Å². The third-order valence-corrected chi connectivity index (χ3v) is 3.13. The van der Waals surface area contributed by atoms with Gasteiger partial charge in [-0.15, -0.1) is 0 Å². The Hall–Kier alpha value is -1.31. The summed E-state index contributed by atoms with van der Waals surface area (Å²) in [5, 5.41) is 0. The van der Waals surface area contributed by atoms with Gasteiger partial charge >= 0.3 is 0 Å². The maximum Gasteiger partial charge on any atom is 0.0844 e. The Morgan fingerprint density at radius 1 is 1.38 bits per heavy atom. The van der Waals surface area contributed by atoms with Crippen molar-refractivity contribution in [2.24, 2.45) is 4.99 Å². The van der Waals surface area contributed by atoms with E-state index in [1.165, 1.54) is 30.4 Å². The first kappa shape index (κ1) is 11.2. The molecule has 0 radical (unpaired) electrons. The first-order valence-electron chi connectivity index (χ1n) is 6.01. The SMILES string of the molecule is CN(C)/C=N/CC1CCCc2ccccc21. The molecule has 1 aliphatic rings. The van der Waals surface area contributed by atoms with Crippen molar-refractivity contribution in [1.29, 1.82) is 0 Å². The number of aliphatic imine (C=N–C) groups is 1. The molecule has 0 heterocycles. The monoisotopic (exact) mass is 216 g/mol. The van der Waals surface area contributed by atoms with E-state index < -0.39 is 0 Å². The lowest BCUT2D eigenvalue weighted by Crippen LogP contribution is -2.14. The average Bonchev–Trinajstić information content (AvgIpc) is 2.29. The van der Waals surface area contributed by atoms with Gasteiger partial charge in [-0.05, 0) is 30.4 Å². The first-order chi connectivity index (χ1) is 7.77. The highest BCUT2D eigenvalue weighted by Crippen LogP contribution is 2.31. The van der Waals surface area contributed by atoms with Crippen molar-refractivity contribution in [2.75, 3.05) is 20.6 Å². The molecular weight excluding hydrogens is 196 g/mol. The smallest absolute Gasteiger partial charge is 0.0844 e. The molecule has 0 spiro atoms. The lowest BCUT2D eigenvalue weighted by Gasteiger charge is -2.24. The van der Waals surface area contributed by atoms with Crippen molar-refractivity contribution in [3.05, 3.63) is 35.4 Å². The summed E-state index contributed by atoms with van der Waals surface area (Å²) in [6.07, 6.45) is 5.74. The quantitative estimate of drug-likeness (QED) is 0.560. The molecule has 1 aliphatic carbocycles. The van der Waals surface area contributed by atoms with Crippen LogP contribution in [0, 0.1) is 0 Å². The molecule has 2 nitrogen and oxygen atoms in total. The molecule has 16 heavy (non-hydrogen) atoms. The molecule has 1 atom stereocenters. The van der Waals surface area contributed by atoms with Crippen molar-refractivity contribution >= 4 is 6.34 Å². The minimum absolute atomic E-state index is 0.626. The Balaban J connectivity index is 2.07. The van der Waals surface area contributed by atoms with Crippen molar-refractivity contribution in [2.45, 2.75) is 25.2 Å². The number of aryl methyl sites for hydroxylation is 1. The average molecular weight is 216 g/mol. The lowest BCUT2D eigenvalue weighted by molar-refractivity contribution is 0.556. The Morgan fingerprint density at radius 2 is 2.19 bits per heavy atom. The van der Waals surface area contributed by atoms with Crippen molar-refractivity contribution < 1.29 is 0 Å². The minimum atomic E-state index is 0.626. The van der Waals surface area contributed by atoms with Crippen LogP contribution in [0.5, 0.6) is 0 Å². The van der Waals surface area contributed by atoms with Gasteiger partial charge in [0.1, 0.15) is 0 Å². The molecule has 1 aromatic rings. The summed E-state index contributed by atoms with van der Waals surface area (Å²) in [4.78, 5) is 6.49. The van der Waals surface area contributed by atoms with E-state index in [4.69, 9.17) is 0 Å². The molecule has 0 saturated carbocycles. The lowest BCUT2D eigenvalue weighted by atomic mass is 9.83. The number of fused-ring (bicyclic) bond motifs is 1. The van der Waals surface area contributed by atoms with Crippen LogP contribution >= 0.6 is 0 Å². The van der Waals surface area contributed by atoms with Gasteiger partial charge in [0, 0.05) is 26.6 Å². The molecule has 0 aliphatic heterocycles. The van der Waals surface area contributed by atoms with E-state index in [2.05, 4.69) is 29.3 Å². The van der Waals surface area contributed by atoms with E-state index in [1.54, 1.807) is 0 Å². The third kappa shape index (κ3) is 2.63. The Morgan fingerprint density at radius 3 is 3.00 bits per heavy atom. The molecule has 0 saturated heterocycles. The Kier molecular flexibility index (Phi) is 3.60. The molecule has 1 aromatic carbocycles. The second-order valence-electron chi connectivity index (χ2n) is 4.73. The molecule has 0 bridgehead atoms. The second-order valence-corrected chi connectivity index (χ2v) is 4.73. The molecule has 86 valence electrons. The van der Waals surface area contributed by atoms with Crippen LogP contribution in [0.2, 0.25) is 0 Å². The van der Waals surface area contributed by atoms with Crippen molar-refractivity contribution in [1.82, 2.24) is 4.90 Å². The fraction of sp³-hybridized carbons (Fsp3) is 0.500. The van der Waals surface area contributed by atoms with Crippen LogP contribution in [0.3, 0.4) is 0 Å². The number of rotatable bonds is 3. The molecule has 0 fully saturated rings. The predicted molar refractivity (Wildman–Crippen MR) is 69.2 cm³/mol. The highest BCUT2D eigenvalue weighted by Gasteiger charge is 2.18. The highest BCUT2D eigenvalue weighted by molar-refractivity contribution is 5.53. The van der Waals surface area contributed by atoms with Crippen LogP contribution in [0.25, 0.3) is 0 Å². The van der Waals surface area contributed by atoms with Crippen LogP contribution < -0.4 is 0 Å². The molecule has 2 heteroatoms. The van der Waals surface area contributed by atoms with Crippen molar-refractivity contribution in [3.63, 3.8) is 0 Å². The zero-order valence-corrected chi connectivity index (χ0v) is 10.2. The van der Waals surface area contributed by atoms with E-state index in [9.17, 15) is 0 Å². The third-order valence-electron chi connectivity index (χ3n) is 3.13. The molecule has 0 amide bonds. The summed E-state index contributed by atoms with van der Waals surface area (Å²) < 4.78 is 0. The molecule has 1 unspecified atom stereocenters. The zero-order chi connectivity index (χ0) is 11.4. The van der Waals surface area contributed by atoms with E-state index in [-0.39, 0.29) is 0 Å². The standard InChI is InChI=1S/C14H20N2/c1-16(2)11-15-10-13-8-5-7-12-6-3-4-9-14(12)13/h3-4,6,9,11,13H,5,7-8,10H2,1-2H3/b15-11+. The van der Waals surface area contributed by atoms with Gasteiger partial charge in [-0.3, -0.25) is 4.99 Å². The van der Waals surface area contributed by atoms with Crippen LogP contribution in [0.4, 0.5) is 0 Å². The van der Waals surface area contributed by atoms with E-state index >= 15 is 0 Å². The van der Waals surface area contributed by atoms with Gasteiger partial charge < -0.3 is 4.90 Å². The van der Waals surface area contributed by atoms with Gasteiger partial charge in [0.05, 0.1) is 6.34 Å². The first-order valence-corrected chi connectivity index (χ1v) is 6.01. The summed E-state index contributed by atoms with van der Waals surface area (Å²) in [6, 6.07) is 8.82. The van der Waals surface area contributed by atoms with E-state index in [0.29, 0.717) is 5.92 Å². The minimum Gasteiger partial charge on any atom is -0.369 e. The number of nitrogens with zero attached hydrogens (tertiary/aromatic N) is 2. The van der Waals surface area contributed by atoms with Crippen LogP contribution in [0.1, 0.15) is 29.9 Å². The van der Waals surface area contributed by atoms with Gasteiger partial charge in [0.25, 0.3) is 0 Å². The zero-order valence-electron chi connectivity index (χ0n) is 10.2. The normalized spacial score (nSPS) is 19.8. The number of hydrogen-bond donors (Lipinski definition) is 0. The Labute approximate surface area is 98.0 Å². The molecule has 2 rings (SSSR count). The van der Waals surface area contributed by atoms with Gasteiger partial charge in [-0.25, -0.2) is 0 Å². The summed E-state index contributed by atoms with van der Waals surface area (Å²) in [5.74, 6) is 0.626. The highest BCUT2D eigenvalue weighted by atomic mass is 15.1. The Bertz CT molecular complexity index is 369. The number of hydrogen-bond acceptors (Lipinski definition) is 1. The molecule has 0 aromatic heterocycles. The van der Waals surface area contributed by atoms with Gasteiger partial charge in [-0.1, -0.05) is 24.3 Å². The molecular formula is C14H20N2. The van der Waals surface area contributed by atoms with Gasteiger partial charge in [0.2, 0.25) is 0 Å². The topological polar surface area (TPSA) is 15.6 Å². The van der Waals surface area contributed by atoms with Crippen LogP contribution in [0.15, 0.2) is 29.3 Å². The van der Waals surface area contributed by atoms with Crippen molar-refractivity contribution in [3.8, 4) is 0 Å². The summed E-state index contributed by atoms with van der Waals surface area (Å²) >= 11 is 0. The fourth-order valence-electron chi connectivity index (χ4n) is 2.38. The second kappa shape index (κ2) is 5.15. The number of benzene rings is 1. The summed E-state index contributed by atoms with van der Waals surface area (Å²) in [6.45, 7) is 0.926. The van der Waals surface area contributed by atoms with Crippen LogP contribution in [-0.2, 0) is 6.42 Å². The van der Waals surface area contributed by atoms with E-state index in [0.717, 1.165) is 6.54 Å². The van der Waals surface area contributed by atoms with Gasteiger partial charge in [-0.2, -0.15) is 0 Å². The maximum absolute atomic E-state index is 4.49. The molecule has 0 N–H and O–H groups in total. The predicted octanol–water partition coefficient (Wildman–Crippen LogP) is 2.70. The largest absolute Gasteiger partial charge is 0.369 e. The summed E-state index contributed by atoms with van der Waals surface area (Å²) in [5.41, 5.74) is 3.04.